The number of hydrogen-bond acceptors (Lipinski definition) is 6. The maximum atomic E-state index is 13.7. The number of methoxy groups -OCH3 is 1. The molecule has 8 nitrogen and oxygen atoms in total. The summed E-state index contributed by atoms with van der Waals surface area (Å²) in [5.74, 6) is -1.15. The van der Waals surface area contributed by atoms with E-state index in [-0.39, 0.29) is 18.7 Å². The van der Waals surface area contributed by atoms with Crippen molar-refractivity contribution in [2.24, 2.45) is 0 Å². The molecule has 3 amide bonds. The summed E-state index contributed by atoms with van der Waals surface area (Å²) in [6.07, 6.45) is 1.30. The van der Waals surface area contributed by atoms with Crippen molar-refractivity contribution in [1.29, 1.82) is 0 Å². The van der Waals surface area contributed by atoms with Gasteiger partial charge in [0, 0.05) is 35.6 Å². The van der Waals surface area contributed by atoms with E-state index >= 15 is 0 Å². The number of nitrogens with one attached hydrogen (secondary N) is 2. The van der Waals surface area contributed by atoms with Gasteiger partial charge in [-0.25, -0.2) is 9.37 Å². The number of carbonyl (C=O) groups is 3. The fraction of sp³-hybridized carbons (Fsp3) is 0.308. The molecule has 0 saturated heterocycles. The first-order valence-corrected chi connectivity index (χ1v) is 12.2. The zero-order chi connectivity index (χ0) is 26.3. The van der Waals surface area contributed by atoms with Crippen molar-refractivity contribution in [3.05, 3.63) is 71.5 Å². The average Bonchev–Trinajstić information content (AvgIpc) is 3.33. The number of thiazole rings is 1. The van der Waals surface area contributed by atoms with E-state index in [1.165, 1.54) is 47.6 Å². The Kier molecular flexibility index (Phi) is 8.76. The topological polar surface area (TPSA) is 101 Å². The molecule has 0 aliphatic carbocycles. The lowest BCUT2D eigenvalue weighted by molar-refractivity contribution is -0.128. The van der Waals surface area contributed by atoms with Crippen LogP contribution in [0.3, 0.4) is 0 Å². The smallest absolute Gasteiger partial charge is 0.248 e. The van der Waals surface area contributed by atoms with Crippen molar-refractivity contribution in [1.82, 2.24) is 10.3 Å². The maximum Gasteiger partial charge on any atom is 0.248 e. The molecule has 3 rings (SSSR count). The second-order valence-corrected chi connectivity index (χ2v) is 9.94. The Morgan fingerprint density at radius 3 is 2.28 bits per heavy atom. The highest BCUT2D eigenvalue weighted by molar-refractivity contribution is 7.13. The first-order valence-electron chi connectivity index (χ1n) is 11.3. The minimum absolute atomic E-state index is 0.109. The summed E-state index contributed by atoms with van der Waals surface area (Å²) in [7, 11) is 1.52. The Hall–Kier alpha value is -3.79. The molecule has 1 heterocycles. The molecule has 2 aromatic carbocycles. The lowest BCUT2D eigenvalue weighted by atomic mass is 10.00. The van der Waals surface area contributed by atoms with Crippen LogP contribution in [0.25, 0.3) is 0 Å². The van der Waals surface area contributed by atoms with Crippen molar-refractivity contribution in [2.45, 2.75) is 45.2 Å². The van der Waals surface area contributed by atoms with Crippen molar-refractivity contribution in [3.63, 3.8) is 0 Å². The predicted octanol–water partition coefficient (Wildman–Crippen LogP) is 4.70. The van der Waals surface area contributed by atoms with Gasteiger partial charge in [0.2, 0.25) is 17.7 Å². The van der Waals surface area contributed by atoms with Crippen LogP contribution in [0.15, 0.2) is 60.1 Å². The Morgan fingerprint density at radius 2 is 1.72 bits per heavy atom. The van der Waals surface area contributed by atoms with Gasteiger partial charge in [-0.05, 0) is 62.7 Å². The normalized spacial score (nSPS) is 11.9. The second-order valence-electron chi connectivity index (χ2n) is 9.04. The highest BCUT2D eigenvalue weighted by Crippen LogP contribution is 2.31. The summed E-state index contributed by atoms with van der Waals surface area (Å²) in [5, 5.41) is 7.74. The zero-order valence-electron chi connectivity index (χ0n) is 20.6. The largest absolute Gasteiger partial charge is 0.497 e. The van der Waals surface area contributed by atoms with Crippen LogP contribution < -0.4 is 20.3 Å². The molecular weight excluding hydrogens is 483 g/mol. The number of rotatable bonds is 9. The number of halogens is 1. The third-order valence-electron chi connectivity index (χ3n) is 5.05. The van der Waals surface area contributed by atoms with E-state index in [1.54, 1.807) is 35.8 Å². The minimum atomic E-state index is -1.10. The fourth-order valence-corrected chi connectivity index (χ4v) is 4.03. The molecule has 10 heteroatoms. The molecule has 0 fully saturated rings. The summed E-state index contributed by atoms with van der Waals surface area (Å²) in [4.78, 5) is 44.9. The first kappa shape index (κ1) is 26.8. The molecular formula is C26H29FN4O4S. The molecule has 0 aliphatic rings. The Balaban J connectivity index is 1.97. The lowest BCUT2D eigenvalue weighted by Gasteiger charge is -2.34. The monoisotopic (exact) mass is 512 g/mol. The van der Waals surface area contributed by atoms with Gasteiger partial charge in [0.1, 0.15) is 17.6 Å². The zero-order valence-corrected chi connectivity index (χ0v) is 21.4. The summed E-state index contributed by atoms with van der Waals surface area (Å²) in [5.41, 5.74) is 0.270. The first-order chi connectivity index (χ1) is 17.1. The van der Waals surface area contributed by atoms with E-state index in [0.29, 0.717) is 22.1 Å². The molecule has 3 aromatic rings. The number of hydrogen-bond donors (Lipinski definition) is 2. The van der Waals surface area contributed by atoms with Crippen LogP contribution in [0.2, 0.25) is 0 Å². The summed E-state index contributed by atoms with van der Waals surface area (Å²) in [6, 6.07) is 11.0. The Labute approximate surface area is 213 Å². The maximum absolute atomic E-state index is 13.7. The van der Waals surface area contributed by atoms with E-state index in [9.17, 15) is 18.8 Å². The van der Waals surface area contributed by atoms with Gasteiger partial charge in [-0.1, -0.05) is 12.1 Å². The summed E-state index contributed by atoms with van der Waals surface area (Å²) >= 11 is 1.27. The molecule has 0 aliphatic heterocycles. The predicted molar refractivity (Wildman–Crippen MR) is 137 cm³/mol. The quantitative estimate of drug-likeness (QED) is 0.433. The summed E-state index contributed by atoms with van der Waals surface area (Å²) in [6.45, 7) is 5.49. The van der Waals surface area contributed by atoms with Crippen LogP contribution >= 0.6 is 11.3 Å². The number of nitrogens with zero attached hydrogens (tertiary/aromatic N) is 2. The van der Waals surface area contributed by atoms with E-state index < -0.39 is 29.2 Å². The van der Waals surface area contributed by atoms with Crippen LogP contribution in [0.4, 0.5) is 15.2 Å². The van der Waals surface area contributed by atoms with Crippen LogP contribution in [0.1, 0.15) is 45.2 Å². The number of benzene rings is 2. The molecule has 0 bridgehead atoms. The van der Waals surface area contributed by atoms with Gasteiger partial charge in [-0.2, -0.15) is 0 Å². The van der Waals surface area contributed by atoms with Crippen LogP contribution in [0, 0.1) is 5.82 Å². The van der Waals surface area contributed by atoms with E-state index in [2.05, 4.69) is 15.6 Å². The molecule has 2 N–H and O–H groups in total. The SMILES string of the molecule is COc1ccc(N(C(=O)CCC(=O)Nc2nccs2)[C@H](C(=O)NC(C)(C)C)c2ccc(F)cc2)cc1. The molecule has 1 atom stereocenters. The van der Waals surface area contributed by atoms with Gasteiger partial charge < -0.3 is 15.4 Å². The lowest BCUT2D eigenvalue weighted by Crippen LogP contribution is -2.49. The molecule has 0 spiro atoms. The standard InChI is InChI=1S/C26H29FN4O4S/c1-26(2,3)30-24(34)23(17-5-7-18(27)8-6-17)31(19-9-11-20(35-4)12-10-19)22(33)14-13-21(32)29-25-28-15-16-36-25/h5-12,15-16,23H,13-14H2,1-4H3,(H,30,34)(H,28,29,32)/t23-/m0/s1. The fourth-order valence-electron chi connectivity index (χ4n) is 3.49. The van der Waals surface area contributed by atoms with Gasteiger partial charge in [0.05, 0.1) is 7.11 Å². The third-order valence-corrected chi connectivity index (χ3v) is 5.74. The van der Waals surface area contributed by atoms with Gasteiger partial charge in [0.25, 0.3) is 0 Å². The molecule has 190 valence electrons. The van der Waals surface area contributed by atoms with Crippen LogP contribution in [-0.2, 0) is 14.4 Å². The van der Waals surface area contributed by atoms with Crippen molar-refractivity contribution < 1.29 is 23.5 Å². The van der Waals surface area contributed by atoms with Gasteiger partial charge in [-0.3, -0.25) is 19.3 Å². The number of ether oxygens (including phenoxy) is 1. The summed E-state index contributed by atoms with van der Waals surface area (Å²) < 4.78 is 18.9. The van der Waals surface area contributed by atoms with Crippen LogP contribution in [-0.4, -0.2) is 35.4 Å². The molecule has 0 saturated carbocycles. The number of carbonyl (C=O) groups excluding carboxylic acids is 3. The van der Waals surface area contributed by atoms with E-state index in [4.69, 9.17) is 4.74 Å². The van der Waals surface area contributed by atoms with Crippen LogP contribution in [0.5, 0.6) is 5.75 Å². The van der Waals surface area contributed by atoms with Gasteiger partial charge in [-0.15, -0.1) is 11.3 Å². The Morgan fingerprint density at radius 1 is 1.06 bits per heavy atom. The third kappa shape index (κ3) is 7.35. The van der Waals surface area contributed by atoms with Gasteiger partial charge >= 0.3 is 0 Å². The highest BCUT2D eigenvalue weighted by atomic mass is 32.1. The van der Waals surface area contributed by atoms with E-state index in [1.807, 2.05) is 20.8 Å². The number of anilines is 2. The molecule has 1 aromatic heterocycles. The Bertz CT molecular complexity index is 1180. The average molecular weight is 513 g/mol. The molecule has 0 unspecified atom stereocenters. The van der Waals surface area contributed by atoms with Crippen molar-refractivity contribution in [3.8, 4) is 5.75 Å². The highest BCUT2D eigenvalue weighted by Gasteiger charge is 2.34. The second kappa shape index (κ2) is 11.8. The van der Waals surface area contributed by atoms with Crippen molar-refractivity contribution in [2.75, 3.05) is 17.3 Å². The van der Waals surface area contributed by atoms with Crippen molar-refractivity contribution >= 4 is 39.9 Å². The number of amides is 3. The van der Waals surface area contributed by atoms with Gasteiger partial charge in [0.15, 0.2) is 5.13 Å². The molecule has 36 heavy (non-hydrogen) atoms. The number of aromatic nitrogens is 1. The molecule has 0 radical (unpaired) electrons. The minimum Gasteiger partial charge on any atom is -0.497 e. The van der Waals surface area contributed by atoms with E-state index in [0.717, 1.165) is 0 Å².